The van der Waals surface area contributed by atoms with Gasteiger partial charge in [0.15, 0.2) is 6.10 Å². The third-order valence-electron chi connectivity index (χ3n) is 4.88. The van der Waals surface area contributed by atoms with E-state index in [1.807, 2.05) is 48.5 Å². The number of hydrogen-bond acceptors (Lipinski definition) is 5. The Morgan fingerprint density at radius 1 is 1.00 bits per heavy atom. The van der Waals surface area contributed by atoms with Gasteiger partial charge >= 0.3 is 5.97 Å². The molecule has 6 heteroatoms. The molecule has 2 aromatic carbocycles. The minimum absolute atomic E-state index is 0.194. The van der Waals surface area contributed by atoms with Crippen LogP contribution in [0.5, 0.6) is 11.5 Å². The summed E-state index contributed by atoms with van der Waals surface area (Å²) in [6, 6.07) is 14.8. The topological polar surface area (TPSA) is 65.1 Å². The van der Waals surface area contributed by atoms with Gasteiger partial charge in [0.2, 0.25) is 0 Å². The van der Waals surface area contributed by atoms with Gasteiger partial charge in [0, 0.05) is 24.2 Å². The molecule has 0 spiro atoms. The van der Waals surface area contributed by atoms with Crippen molar-refractivity contribution in [2.24, 2.45) is 0 Å². The smallest absolute Gasteiger partial charge is 0.318 e. The number of benzene rings is 2. The van der Waals surface area contributed by atoms with Gasteiger partial charge in [-0.2, -0.15) is 0 Å². The Balaban J connectivity index is 1.57. The van der Waals surface area contributed by atoms with Gasteiger partial charge in [0.1, 0.15) is 17.4 Å². The molecule has 0 unspecified atom stereocenters. The molecule has 4 rings (SSSR count). The Morgan fingerprint density at radius 3 is 2.15 bits per heavy atom. The number of carbonyl (C=O) groups excluding carboxylic acids is 2. The lowest BCUT2D eigenvalue weighted by Gasteiger charge is -2.30. The van der Waals surface area contributed by atoms with Crippen LogP contribution in [0, 0.1) is 0 Å². The number of morpholine rings is 1. The van der Waals surface area contributed by atoms with Crippen LogP contribution in [0.3, 0.4) is 0 Å². The lowest BCUT2D eigenvalue weighted by molar-refractivity contribution is -0.161. The molecule has 0 radical (unpaired) electrons. The van der Waals surface area contributed by atoms with E-state index in [2.05, 4.69) is 0 Å². The SMILES string of the molecule is C[C@@H](OC(=O)C1c2ccccc2Oc2ccccc21)C(=O)N1CCOCC1. The molecule has 1 saturated heterocycles. The van der Waals surface area contributed by atoms with Crippen molar-refractivity contribution >= 4 is 11.9 Å². The average Bonchev–Trinajstić information content (AvgIpc) is 2.71. The molecular formula is C21H21NO5. The van der Waals surface area contributed by atoms with Crippen LogP contribution in [0.15, 0.2) is 48.5 Å². The molecule has 140 valence electrons. The first-order chi connectivity index (χ1) is 13.1. The molecule has 2 aliphatic heterocycles. The van der Waals surface area contributed by atoms with E-state index in [0.29, 0.717) is 37.8 Å². The van der Waals surface area contributed by atoms with E-state index < -0.39 is 18.0 Å². The molecule has 0 saturated carbocycles. The maximum absolute atomic E-state index is 13.0. The lowest BCUT2D eigenvalue weighted by atomic mass is 9.88. The molecule has 0 bridgehead atoms. The average molecular weight is 367 g/mol. The number of rotatable bonds is 3. The number of carbonyl (C=O) groups is 2. The van der Waals surface area contributed by atoms with Gasteiger partial charge in [0.05, 0.1) is 13.2 Å². The molecule has 6 nitrogen and oxygen atoms in total. The maximum atomic E-state index is 13.0. The predicted molar refractivity (Wildman–Crippen MR) is 97.8 cm³/mol. The lowest BCUT2D eigenvalue weighted by Crippen LogP contribution is -2.46. The van der Waals surface area contributed by atoms with Gasteiger partial charge in [-0.05, 0) is 19.1 Å². The molecule has 0 aliphatic carbocycles. The van der Waals surface area contributed by atoms with Gasteiger partial charge in [0.25, 0.3) is 5.91 Å². The van der Waals surface area contributed by atoms with E-state index in [-0.39, 0.29) is 5.91 Å². The van der Waals surface area contributed by atoms with Crippen molar-refractivity contribution in [1.82, 2.24) is 4.90 Å². The summed E-state index contributed by atoms with van der Waals surface area (Å²) in [5.41, 5.74) is 1.49. The van der Waals surface area contributed by atoms with Gasteiger partial charge in [-0.15, -0.1) is 0 Å². The minimum Gasteiger partial charge on any atom is -0.457 e. The van der Waals surface area contributed by atoms with Crippen LogP contribution >= 0.6 is 0 Å². The molecule has 2 heterocycles. The maximum Gasteiger partial charge on any atom is 0.318 e. The van der Waals surface area contributed by atoms with Crippen LogP contribution in [0.1, 0.15) is 24.0 Å². The first-order valence-electron chi connectivity index (χ1n) is 9.08. The molecule has 0 N–H and O–H groups in total. The van der Waals surface area contributed by atoms with Gasteiger partial charge in [-0.25, -0.2) is 0 Å². The second-order valence-corrected chi connectivity index (χ2v) is 6.63. The highest BCUT2D eigenvalue weighted by atomic mass is 16.5. The van der Waals surface area contributed by atoms with Crippen LogP contribution in [-0.4, -0.2) is 49.2 Å². The van der Waals surface area contributed by atoms with E-state index in [1.165, 1.54) is 0 Å². The van der Waals surface area contributed by atoms with Gasteiger partial charge in [-0.3, -0.25) is 9.59 Å². The van der Waals surface area contributed by atoms with Crippen LogP contribution in [0.4, 0.5) is 0 Å². The Labute approximate surface area is 157 Å². The number of hydrogen-bond donors (Lipinski definition) is 0. The first-order valence-corrected chi connectivity index (χ1v) is 9.08. The summed E-state index contributed by atoms with van der Waals surface area (Å²) in [6.45, 7) is 3.67. The monoisotopic (exact) mass is 367 g/mol. The Bertz CT molecular complexity index is 814. The summed E-state index contributed by atoms with van der Waals surface area (Å²) in [7, 11) is 0. The van der Waals surface area contributed by atoms with Crippen molar-refractivity contribution in [2.45, 2.75) is 18.9 Å². The van der Waals surface area contributed by atoms with E-state index >= 15 is 0 Å². The Kier molecular flexibility index (Phi) is 4.81. The largest absolute Gasteiger partial charge is 0.457 e. The Morgan fingerprint density at radius 2 is 1.56 bits per heavy atom. The van der Waals surface area contributed by atoms with E-state index in [9.17, 15) is 9.59 Å². The highest BCUT2D eigenvalue weighted by Crippen LogP contribution is 2.44. The normalized spacial score (nSPS) is 17.3. The predicted octanol–water partition coefficient (Wildman–Crippen LogP) is 2.71. The fraction of sp³-hybridized carbons (Fsp3) is 0.333. The fourth-order valence-electron chi connectivity index (χ4n) is 3.50. The molecule has 0 aromatic heterocycles. The summed E-state index contributed by atoms with van der Waals surface area (Å²) in [5, 5.41) is 0. The zero-order valence-corrected chi connectivity index (χ0v) is 15.1. The highest BCUT2D eigenvalue weighted by molar-refractivity contribution is 5.89. The summed E-state index contributed by atoms with van der Waals surface area (Å²) in [5.74, 6) is -0.00528. The minimum atomic E-state index is -0.849. The van der Waals surface area contributed by atoms with Crippen molar-refractivity contribution in [3.8, 4) is 11.5 Å². The van der Waals surface area contributed by atoms with Crippen molar-refractivity contribution in [1.29, 1.82) is 0 Å². The number of para-hydroxylation sites is 2. The molecule has 1 amide bonds. The summed E-state index contributed by atoms with van der Waals surface area (Å²) >= 11 is 0. The van der Waals surface area contributed by atoms with Crippen LogP contribution in [0.2, 0.25) is 0 Å². The van der Waals surface area contributed by atoms with Crippen molar-refractivity contribution in [3.63, 3.8) is 0 Å². The molecule has 1 fully saturated rings. The second-order valence-electron chi connectivity index (χ2n) is 6.63. The van der Waals surface area contributed by atoms with Crippen molar-refractivity contribution < 1.29 is 23.8 Å². The molecule has 27 heavy (non-hydrogen) atoms. The standard InChI is InChI=1S/C21H21NO5/c1-14(20(23)22-10-12-25-13-11-22)26-21(24)19-15-6-2-4-8-17(15)27-18-9-5-3-7-16(18)19/h2-9,14,19H,10-13H2,1H3/t14-/m1/s1. The quantitative estimate of drug-likeness (QED) is 0.781. The summed E-state index contributed by atoms with van der Waals surface area (Å²) in [4.78, 5) is 27.3. The fourth-order valence-corrected chi connectivity index (χ4v) is 3.50. The number of amides is 1. The molecule has 2 aliphatic rings. The third-order valence-corrected chi connectivity index (χ3v) is 4.88. The molecular weight excluding hydrogens is 346 g/mol. The summed E-state index contributed by atoms with van der Waals surface area (Å²) in [6.07, 6.45) is -0.849. The van der Waals surface area contributed by atoms with Crippen molar-refractivity contribution in [3.05, 3.63) is 59.7 Å². The van der Waals surface area contributed by atoms with Gasteiger partial charge in [-0.1, -0.05) is 36.4 Å². The van der Waals surface area contributed by atoms with E-state index in [4.69, 9.17) is 14.2 Å². The first kappa shape index (κ1) is 17.5. The number of nitrogens with zero attached hydrogens (tertiary/aromatic N) is 1. The number of esters is 1. The zero-order chi connectivity index (χ0) is 18.8. The highest BCUT2D eigenvalue weighted by Gasteiger charge is 2.36. The molecule has 2 aromatic rings. The number of fused-ring (bicyclic) bond motifs is 2. The zero-order valence-electron chi connectivity index (χ0n) is 15.1. The molecule has 1 atom stereocenters. The van der Waals surface area contributed by atoms with Crippen LogP contribution in [-0.2, 0) is 19.1 Å². The summed E-state index contributed by atoms with van der Waals surface area (Å²) < 4.78 is 16.8. The third kappa shape index (κ3) is 3.40. The van der Waals surface area contributed by atoms with E-state index in [0.717, 1.165) is 11.1 Å². The van der Waals surface area contributed by atoms with E-state index in [1.54, 1.807) is 11.8 Å². The second kappa shape index (κ2) is 7.40. The van der Waals surface area contributed by atoms with Crippen LogP contribution in [0.25, 0.3) is 0 Å². The Hall–Kier alpha value is -2.86. The van der Waals surface area contributed by atoms with Crippen LogP contribution < -0.4 is 4.74 Å². The number of ether oxygens (including phenoxy) is 3. The van der Waals surface area contributed by atoms with Gasteiger partial charge < -0.3 is 19.1 Å². The van der Waals surface area contributed by atoms with Crippen molar-refractivity contribution in [2.75, 3.05) is 26.3 Å².